The van der Waals surface area contributed by atoms with Gasteiger partial charge in [0.2, 0.25) is 0 Å². The fourth-order valence-corrected chi connectivity index (χ4v) is 1.86. The molecule has 1 aliphatic rings. The molecule has 1 fully saturated rings. The molecule has 1 aliphatic heterocycles. The second-order valence-electron chi connectivity index (χ2n) is 4.20. The van der Waals surface area contributed by atoms with E-state index >= 15 is 0 Å². The number of urea groups is 1. The molecule has 0 bridgehead atoms. The zero-order valence-corrected chi connectivity index (χ0v) is 10.1. The normalized spacial score (nSPS) is 15.1. The predicted octanol–water partition coefficient (Wildman–Crippen LogP) is 0.505. The highest BCUT2D eigenvalue weighted by Gasteiger charge is 2.17. The van der Waals surface area contributed by atoms with Gasteiger partial charge < -0.3 is 15.5 Å². The van der Waals surface area contributed by atoms with Gasteiger partial charge in [0.05, 0.1) is 0 Å². The summed E-state index contributed by atoms with van der Waals surface area (Å²) in [5.74, 6) is 0. The van der Waals surface area contributed by atoms with E-state index in [9.17, 15) is 4.79 Å². The van der Waals surface area contributed by atoms with Gasteiger partial charge in [0.15, 0.2) is 0 Å². The number of carbonyl (C=O) groups is 1. The van der Waals surface area contributed by atoms with Gasteiger partial charge in [-0.25, -0.2) is 4.79 Å². The van der Waals surface area contributed by atoms with E-state index in [2.05, 4.69) is 22.5 Å². The molecular formula is C12H18N4O. The van der Waals surface area contributed by atoms with E-state index in [1.807, 2.05) is 17.2 Å². The van der Waals surface area contributed by atoms with Crippen molar-refractivity contribution in [3.05, 3.63) is 29.6 Å². The summed E-state index contributed by atoms with van der Waals surface area (Å²) in [5, 5.41) is 6.13. The maximum atomic E-state index is 11.3. The van der Waals surface area contributed by atoms with Crippen molar-refractivity contribution >= 4 is 6.03 Å². The van der Waals surface area contributed by atoms with Crippen LogP contribution in [0.3, 0.4) is 0 Å². The molecule has 2 heterocycles. The Morgan fingerprint density at radius 2 is 2.47 bits per heavy atom. The molecule has 92 valence electrons. The first-order valence-corrected chi connectivity index (χ1v) is 5.90. The number of hydrogen-bond acceptors (Lipinski definition) is 3. The van der Waals surface area contributed by atoms with Gasteiger partial charge in [0, 0.05) is 45.1 Å². The average Bonchev–Trinajstić information content (AvgIpc) is 2.73. The summed E-state index contributed by atoms with van der Waals surface area (Å²) >= 11 is 0. The van der Waals surface area contributed by atoms with E-state index in [1.54, 1.807) is 6.20 Å². The lowest BCUT2D eigenvalue weighted by atomic mass is 10.1. The van der Waals surface area contributed by atoms with Crippen molar-refractivity contribution in [3.63, 3.8) is 0 Å². The first-order valence-electron chi connectivity index (χ1n) is 5.90. The number of aromatic nitrogens is 1. The van der Waals surface area contributed by atoms with Gasteiger partial charge in [-0.05, 0) is 24.1 Å². The Morgan fingerprint density at radius 1 is 1.59 bits per heavy atom. The van der Waals surface area contributed by atoms with Crippen molar-refractivity contribution in [3.8, 4) is 0 Å². The molecule has 2 N–H and O–H groups in total. The summed E-state index contributed by atoms with van der Waals surface area (Å²) < 4.78 is 0. The summed E-state index contributed by atoms with van der Waals surface area (Å²) in [6.07, 6.45) is 3.67. The summed E-state index contributed by atoms with van der Waals surface area (Å²) in [6.45, 7) is 6.03. The van der Waals surface area contributed by atoms with E-state index in [4.69, 9.17) is 0 Å². The number of carbonyl (C=O) groups excluding carboxylic acids is 1. The summed E-state index contributed by atoms with van der Waals surface area (Å²) in [6, 6.07) is 2.07. The maximum Gasteiger partial charge on any atom is 0.317 e. The van der Waals surface area contributed by atoms with Crippen LogP contribution in [-0.2, 0) is 6.54 Å². The lowest BCUT2D eigenvalue weighted by Crippen LogP contribution is -2.34. The molecule has 0 unspecified atom stereocenters. The fourth-order valence-electron chi connectivity index (χ4n) is 1.86. The molecule has 1 saturated heterocycles. The number of nitrogens with zero attached hydrogens (tertiary/aromatic N) is 2. The summed E-state index contributed by atoms with van der Waals surface area (Å²) in [4.78, 5) is 17.2. The third-order valence-corrected chi connectivity index (χ3v) is 2.96. The molecular weight excluding hydrogens is 216 g/mol. The van der Waals surface area contributed by atoms with Crippen molar-refractivity contribution in [1.29, 1.82) is 0 Å². The monoisotopic (exact) mass is 234 g/mol. The molecule has 5 heteroatoms. The lowest BCUT2D eigenvalue weighted by molar-refractivity contribution is 0.217. The molecule has 17 heavy (non-hydrogen) atoms. The van der Waals surface area contributed by atoms with E-state index in [-0.39, 0.29) is 6.03 Å². The smallest absolute Gasteiger partial charge is 0.317 e. The number of hydrogen-bond donors (Lipinski definition) is 2. The van der Waals surface area contributed by atoms with Crippen molar-refractivity contribution in [2.45, 2.75) is 13.5 Å². The van der Waals surface area contributed by atoms with Crippen LogP contribution in [-0.4, -0.2) is 42.1 Å². The molecule has 0 aromatic carbocycles. The quantitative estimate of drug-likeness (QED) is 0.730. The van der Waals surface area contributed by atoms with Crippen LogP contribution in [0.4, 0.5) is 4.79 Å². The first kappa shape index (κ1) is 11.9. The van der Waals surface area contributed by atoms with Crippen LogP contribution in [0.15, 0.2) is 18.5 Å². The Hall–Kier alpha value is -1.62. The largest absolute Gasteiger partial charge is 0.336 e. The van der Waals surface area contributed by atoms with Crippen molar-refractivity contribution < 1.29 is 4.79 Å². The summed E-state index contributed by atoms with van der Waals surface area (Å²) in [5.41, 5.74) is 2.45. The molecule has 0 radical (unpaired) electrons. The molecule has 0 spiro atoms. The zero-order chi connectivity index (χ0) is 12.1. The molecule has 0 aliphatic carbocycles. The third kappa shape index (κ3) is 3.17. The highest BCUT2D eigenvalue weighted by molar-refractivity contribution is 5.76. The number of rotatable bonds is 5. The standard InChI is InChI=1S/C12H18N4O/c1-10-8-13-3-2-11(10)9-14-4-6-16-7-5-15-12(16)17/h2-3,8,14H,4-7,9H2,1H3,(H,15,17). The van der Waals surface area contributed by atoms with Gasteiger partial charge in [-0.2, -0.15) is 0 Å². The second kappa shape index (κ2) is 5.63. The molecule has 1 aromatic heterocycles. The number of amides is 2. The van der Waals surface area contributed by atoms with Gasteiger partial charge in [0.25, 0.3) is 0 Å². The Balaban J connectivity index is 1.70. The lowest BCUT2D eigenvalue weighted by Gasteiger charge is -2.14. The van der Waals surface area contributed by atoms with Crippen molar-refractivity contribution in [2.24, 2.45) is 0 Å². The number of pyridine rings is 1. The topological polar surface area (TPSA) is 57.3 Å². The number of nitrogens with one attached hydrogen (secondary N) is 2. The fraction of sp³-hybridized carbons (Fsp3) is 0.500. The van der Waals surface area contributed by atoms with Gasteiger partial charge in [-0.15, -0.1) is 0 Å². The Kier molecular flexibility index (Phi) is 3.93. The van der Waals surface area contributed by atoms with Gasteiger partial charge in [-0.3, -0.25) is 4.98 Å². The van der Waals surface area contributed by atoms with Crippen LogP contribution in [0, 0.1) is 6.92 Å². The van der Waals surface area contributed by atoms with Crippen molar-refractivity contribution in [2.75, 3.05) is 26.2 Å². The highest BCUT2D eigenvalue weighted by atomic mass is 16.2. The van der Waals surface area contributed by atoms with Crippen LogP contribution in [0.5, 0.6) is 0 Å². The predicted molar refractivity (Wildman–Crippen MR) is 65.7 cm³/mol. The van der Waals surface area contributed by atoms with Gasteiger partial charge >= 0.3 is 6.03 Å². The average molecular weight is 234 g/mol. The van der Waals surface area contributed by atoms with Crippen molar-refractivity contribution in [1.82, 2.24) is 20.5 Å². The van der Waals surface area contributed by atoms with Crippen LogP contribution in [0.25, 0.3) is 0 Å². The number of aryl methyl sites for hydroxylation is 1. The van der Waals surface area contributed by atoms with E-state index < -0.39 is 0 Å². The second-order valence-corrected chi connectivity index (χ2v) is 4.20. The Morgan fingerprint density at radius 3 is 3.18 bits per heavy atom. The molecule has 0 saturated carbocycles. The minimum atomic E-state index is 0.0480. The highest BCUT2D eigenvalue weighted by Crippen LogP contribution is 2.03. The zero-order valence-electron chi connectivity index (χ0n) is 10.1. The molecule has 2 amide bonds. The van der Waals surface area contributed by atoms with E-state index in [1.165, 1.54) is 11.1 Å². The molecule has 1 aromatic rings. The van der Waals surface area contributed by atoms with Crippen LogP contribution < -0.4 is 10.6 Å². The van der Waals surface area contributed by atoms with Crippen LogP contribution >= 0.6 is 0 Å². The van der Waals surface area contributed by atoms with E-state index in [0.717, 1.165) is 32.7 Å². The summed E-state index contributed by atoms with van der Waals surface area (Å²) in [7, 11) is 0. The minimum Gasteiger partial charge on any atom is -0.336 e. The van der Waals surface area contributed by atoms with Gasteiger partial charge in [-0.1, -0.05) is 0 Å². The first-order chi connectivity index (χ1) is 8.27. The third-order valence-electron chi connectivity index (χ3n) is 2.96. The van der Waals surface area contributed by atoms with E-state index in [0.29, 0.717) is 0 Å². The molecule has 0 atom stereocenters. The van der Waals surface area contributed by atoms with Crippen LogP contribution in [0.1, 0.15) is 11.1 Å². The molecule has 5 nitrogen and oxygen atoms in total. The maximum absolute atomic E-state index is 11.3. The minimum absolute atomic E-state index is 0.0480. The Labute approximate surface area is 101 Å². The Bertz CT molecular complexity index is 394. The SMILES string of the molecule is Cc1cnccc1CNCCN1CCNC1=O. The molecule has 2 rings (SSSR count). The van der Waals surface area contributed by atoms with Crippen LogP contribution in [0.2, 0.25) is 0 Å². The van der Waals surface area contributed by atoms with Gasteiger partial charge in [0.1, 0.15) is 0 Å².